The molecule has 1 aromatic carbocycles. The van der Waals surface area contributed by atoms with Gasteiger partial charge in [-0.3, -0.25) is 10.1 Å². The molecule has 20 heavy (non-hydrogen) atoms. The Morgan fingerprint density at radius 2 is 2.20 bits per heavy atom. The van der Waals surface area contributed by atoms with E-state index in [0.29, 0.717) is 12.2 Å². The molecule has 0 spiro atoms. The Labute approximate surface area is 116 Å². The summed E-state index contributed by atoms with van der Waals surface area (Å²) in [6.45, 7) is 2.49. The average molecular weight is 279 g/mol. The number of benzene rings is 1. The molecule has 0 amide bonds. The number of nitrogens with zero attached hydrogens (tertiary/aromatic N) is 1. The Kier molecular flexibility index (Phi) is 6.22. The third-order valence-electron chi connectivity index (χ3n) is 2.60. The summed E-state index contributed by atoms with van der Waals surface area (Å²) < 4.78 is 5.40. The number of nitro groups is 1. The first-order valence-corrected chi connectivity index (χ1v) is 6.37. The lowest BCUT2D eigenvalue weighted by Gasteiger charge is -2.06. The minimum atomic E-state index is -1.10. The second-order valence-corrected chi connectivity index (χ2v) is 4.21. The van der Waals surface area contributed by atoms with Gasteiger partial charge in [0.25, 0.3) is 0 Å². The van der Waals surface area contributed by atoms with Crippen LogP contribution in [0, 0.1) is 10.1 Å². The first-order chi connectivity index (χ1) is 9.54. The molecule has 0 atom stereocenters. The van der Waals surface area contributed by atoms with Crippen molar-refractivity contribution in [3.8, 4) is 5.75 Å². The lowest BCUT2D eigenvalue weighted by atomic mass is 10.1. The molecule has 1 rings (SSSR count). The third-order valence-corrected chi connectivity index (χ3v) is 2.60. The van der Waals surface area contributed by atoms with E-state index in [1.165, 1.54) is 18.2 Å². The van der Waals surface area contributed by atoms with Gasteiger partial charge in [-0.25, -0.2) is 4.79 Å². The summed E-state index contributed by atoms with van der Waals surface area (Å²) in [5.41, 5.74) is 0.286. The van der Waals surface area contributed by atoms with Crippen LogP contribution in [0.5, 0.6) is 5.75 Å². The van der Waals surface area contributed by atoms with E-state index in [9.17, 15) is 14.9 Å². The van der Waals surface area contributed by atoms with Crippen LogP contribution < -0.4 is 4.74 Å². The van der Waals surface area contributed by atoms with E-state index in [1.54, 1.807) is 6.07 Å². The first-order valence-electron chi connectivity index (χ1n) is 6.37. The Hall–Kier alpha value is -2.37. The van der Waals surface area contributed by atoms with Gasteiger partial charge in [-0.1, -0.05) is 25.8 Å². The molecule has 108 valence electrons. The van der Waals surface area contributed by atoms with Crippen LogP contribution in [0.4, 0.5) is 5.69 Å². The summed E-state index contributed by atoms with van der Waals surface area (Å²) >= 11 is 0. The fraction of sp³-hybridized carbons (Fsp3) is 0.357. The Balaban J connectivity index is 2.85. The van der Waals surface area contributed by atoms with E-state index in [2.05, 4.69) is 6.92 Å². The number of carbonyl (C=O) groups is 1. The first kappa shape index (κ1) is 15.7. The van der Waals surface area contributed by atoms with Gasteiger partial charge in [0.15, 0.2) is 5.75 Å². The number of carboxylic acid groups (broad SMARTS) is 1. The fourth-order valence-electron chi connectivity index (χ4n) is 1.60. The second kappa shape index (κ2) is 7.93. The molecule has 6 heteroatoms. The maximum atomic E-state index is 11.0. The highest BCUT2D eigenvalue weighted by Crippen LogP contribution is 2.28. The number of hydrogen-bond acceptors (Lipinski definition) is 4. The van der Waals surface area contributed by atoms with E-state index in [4.69, 9.17) is 9.84 Å². The van der Waals surface area contributed by atoms with E-state index >= 15 is 0 Å². The molecule has 0 heterocycles. The van der Waals surface area contributed by atoms with Crippen molar-refractivity contribution in [2.45, 2.75) is 26.2 Å². The van der Waals surface area contributed by atoms with Crippen LogP contribution in [0.2, 0.25) is 0 Å². The number of unbranched alkanes of at least 4 members (excludes halogenated alkanes) is 2. The number of ether oxygens (including phenoxy) is 1. The molecule has 0 saturated carbocycles. The molecule has 0 aliphatic rings. The zero-order chi connectivity index (χ0) is 15.0. The molecule has 0 saturated heterocycles. The molecule has 0 fully saturated rings. The molecule has 0 aliphatic heterocycles. The summed E-state index contributed by atoms with van der Waals surface area (Å²) in [5.74, 6) is -0.897. The van der Waals surface area contributed by atoms with Crippen LogP contribution in [0.1, 0.15) is 31.7 Å². The molecule has 0 bridgehead atoms. The van der Waals surface area contributed by atoms with Gasteiger partial charge in [0.1, 0.15) is 0 Å². The van der Waals surface area contributed by atoms with Crippen molar-refractivity contribution in [2.24, 2.45) is 0 Å². The molecule has 0 unspecified atom stereocenters. The average Bonchev–Trinajstić information content (AvgIpc) is 2.41. The predicted octanol–water partition coefficient (Wildman–Crippen LogP) is 3.26. The molecule has 6 nitrogen and oxygen atoms in total. The number of aliphatic carboxylic acids is 1. The van der Waals surface area contributed by atoms with Crippen molar-refractivity contribution in [2.75, 3.05) is 6.61 Å². The van der Waals surface area contributed by atoms with Crippen molar-refractivity contribution >= 4 is 17.7 Å². The highest BCUT2D eigenvalue weighted by atomic mass is 16.6. The number of hydrogen-bond donors (Lipinski definition) is 1. The molecule has 0 radical (unpaired) electrons. The smallest absolute Gasteiger partial charge is 0.328 e. The fourth-order valence-corrected chi connectivity index (χ4v) is 1.60. The van der Waals surface area contributed by atoms with Crippen LogP contribution in [0.25, 0.3) is 6.08 Å². The third kappa shape index (κ3) is 5.09. The zero-order valence-corrected chi connectivity index (χ0v) is 11.2. The van der Waals surface area contributed by atoms with Crippen molar-refractivity contribution in [1.29, 1.82) is 0 Å². The van der Waals surface area contributed by atoms with Gasteiger partial charge in [0, 0.05) is 12.1 Å². The Bertz CT molecular complexity index is 510. The van der Waals surface area contributed by atoms with Crippen molar-refractivity contribution in [3.63, 3.8) is 0 Å². The Morgan fingerprint density at radius 3 is 2.80 bits per heavy atom. The number of rotatable bonds is 8. The quantitative estimate of drug-likeness (QED) is 0.341. The molecule has 0 aliphatic carbocycles. The van der Waals surface area contributed by atoms with E-state index in [1.807, 2.05) is 0 Å². The number of nitro benzene ring substituents is 1. The minimum Gasteiger partial charge on any atom is -0.487 e. The lowest BCUT2D eigenvalue weighted by molar-refractivity contribution is -0.385. The highest BCUT2D eigenvalue weighted by Gasteiger charge is 2.15. The van der Waals surface area contributed by atoms with Crippen molar-refractivity contribution in [1.82, 2.24) is 0 Å². The molecule has 1 N–H and O–H groups in total. The second-order valence-electron chi connectivity index (χ2n) is 4.21. The minimum absolute atomic E-state index is 0.158. The summed E-state index contributed by atoms with van der Waals surface area (Å²) in [4.78, 5) is 20.9. The Morgan fingerprint density at radius 1 is 1.45 bits per heavy atom. The van der Waals surface area contributed by atoms with Crippen LogP contribution >= 0.6 is 0 Å². The lowest BCUT2D eigenvalue weighted by Crippen LogP contribution is -2.00. The SMILES string of the molecule is CCCCCOc1ccc(/C=C/C(=O)O)cc1[N+](=O)[O-]. The summed E-state index contributed by atoms with van der Waals surface area (Å²) in [7, 11) is 0. The van der Waals surface area contributed by atoms with Gasteiger partial charge in [-0.15, -0.1) is 0 Å². The van der Waals surface area contributed by atoms with Gasteiger partial charge in [0.05, 0.1) is 11.5 Å². The maximum Gasteiger partial charge on any atom is 0.328 e. The van der Waals surface area contributed by atoms with Gasteiger partial charge < -0.3 is 9.84 Å². The van der Waals surface area contributed by atoms with Crippen LogP contribution in [0.3, 0.4) is 0 Å². The van der Waals surface area contributed by atoms with Gasteiger partial charge >= 0.3 is 11.7 Å². The zero-order valence-electron chi connectivity index (χ0n) is 11.2. The van der Waals surface area contributed by atoms with Gasteiger partial charge in [-0.05, 0) is 24.1 Å². The number of carboxylic acids is 1. The van der Waals surface area contributed by atoms with Gasteiger partial charge in [-0.2, -0.15) is 0 Å². The van der Waals surface area contributed by atoms with Gasteiger partial charge in [0.2, 0.25) is 0 Å². The van der Waals surface area contributed by atoms with Crippen molar-refractivity contribution < 1.29 is 19.6 Å². The monoisotopic (exact) mass is 279 g/mol. The van der Waals surface area contributed by atoms with Crippen molar-refractivity contribution in [3.05, 3.63) is 40.0 Å². The summed E-state index contributed by atoms with van der Waals surface area (Å²) in [6, 6.07) is 4.38. The highest BCUT2D eigenvalue weighted by molar-refractivity contribution is 5.85. The van der Waals surface area contributed by atoms with Crippen LogP contribution in [-0.4, -0.2) is 22.6 Å². The molecular weight excluding hydrogens is 262 g/mol. The summed E-state index contributed by atoms with van der Waals surface area (Å²) in [5, 5.41) is 19.5. The summed E-state index contributed by atoms with van der Waals surface area (Å²) in [6.07, 6.45) is 5.13. The normalized spacial score (nSPS) is 10.7. The molecular formula is C14H17NO5. The topological polar surface area (TPSA) is 89.7 Å². The van der Waals surface area contributed by atoms with E-state index in [-0.39, 0.29) is 11.4 Å². The predicted molar refractivity (Wildman–Crippen MR) is 74.8 cm³/mol. The van der Waals surface area contributed by atoms with Crippen LogP contribution in [0.15, 0.2) is 24.3 Å². The molecule has 1 aromatic rings. The van der Waals surface area contributed by atoms with Crippen LogP contribution in [-0.2, 0) is 4.79 Å². The standard InChI is InChI=1S/C14H17NO5/c1-2-3-4-9-20-13-7-5-11(6-8-14(16)17)10-12(13)15(18)19/h5-8,10H,2-4,9H2,1H3,(H,16,17)/b8-6+. The van der Waals surface area contributed by atoms with E-state index in [0.717, 1.165) is 25.3 Å². The largest absolute Gasteiger partial charge is 0.487 e. The maximum absolute atomic E-state index is 11.0. The van der Waals surface area contributed by atoms with E-state index < -0.39 is 10.9 Å². The molecule has 0 aromatic heterocycles.